The van der Waals surface area contributed by atoms with Gasteiger partial charge in [0.15, 0.2) is 0 Å². The summed E-state index contributed by atoms with van der Waals surface area (Å²) < 4.78 is 0. The molecule has 4 heteroatoms. The highest BCUT2D eigenvalue weighted by Gasteiger charge is 2.33. The standard InChI is InChI=1S/C17H19N3O/c21-17(19-12-13-5-4-10-18-11-13)20-16(15-8-9-15)14-6-2-1-3-7-14/h1-7,10-11,15-16H,8-9,12H2,(H2,19,20,21). The number of hydrogen-bond acceptors (Lipinski definition) is 2. The molecule has 108 valence electrons. The molecule has 1 aromatic carbocycles. The minimum absolute atomic E-state index is 0.111. The SMILES string of the molecule is O=C(NCc1cccnc1)NC(c1ccccc1)C1CC1. The summed E-state index contributed by atoms with van der Waals surface area (Å²) >= 11 is 0. The topological polar surface area (TPSA) is 54.0 Å². The van der Waals surface area contributed by atoms with Gasteiger partial charge in [0.25, 0.3) is 0 Å². The molecule has 1 unspecified atom stereocenters. The number of aromatic nitrogens is 1. The fraction of sp³-hybridized carbons (Fsp3) is 0.294. The summed E-state index contributed by atoms with van der Waals surface area (Å²) in [5.41, 5.74) is 2.17. The Balaban J connectivity index is 1.57. The average Bonchev–Trinajstić information content (AvgIpc) is 3.37. The largest absolute Gasteiger partial charge is 0.334 e. The third-order valence-corrected chi connectivity index (χ3v) is 3.71. The van der Waals surface area contributed by atoms with Gasteiger partial charge in [-0.2, -0.15) is 0 Å². The van der Waals surface area contributed by atoms with Crippen molar-refractivity contribution in [2.75, 3.05) is 0 Å². The van der Waals surface area contributed by atoms with Crippen molar-refractivity contribution in [3.63, 3.8) is 0 Å². The Bertz CT molecular complexity index is 581. The Hall–Kier alpha value is -2.36. The predicted molar refractivity (Wildman–Crippen MR) is 81.5 cm³/mol. The van der Waals surface area contributed by atoms with Crippen molar-refractivity contribution in [1.82, 2.24) is 15.6 Å². The van der Waals surface area contributed by atoms with Crippen molar-refractivity contribution in [1.29, 1.82) is 0 Å². The van der Waals surface area contributed by atoms with Crippen LogP contribution in [0.1, 0.15) is 30.0 Å². The van der Waals surface area contributed by atoms with Gasteiger partial charge in [0.1, 0.15) is 0 Å². The number of urea groups is 1. The van der Waals surface area contributed by atoms with E-state index in [1.54, 1.807) is 12.4 Å². The van der Waals surface area contributed by atoms with Crippen LogP contribution in [0.4, 0.5) is 4.79 Å². The van der Waals surface area contributed by atoms with Gasteiger partial charge in [-0.05, 0) is 36.0 Å². The summed E-state index contributed by atoms with van der Waals surface area (Å²) in [5.74, 6) is 0.566. The number of amides is 2. The van der Waals surface area contributed by atoms with Crippen molar-refractivity contribution < 1.29 is 4.79 Å². The number of carbonyl (C=O) groups excluding carboxylic acids is 1. The Labute approximate surface area is 124 Å². The molecule has 1 fully saturated rings. The Morgan fingerprint density at radius 1 is 1.19 bits per heavy atom. The van der Waals surface area contributed by atoms with Crippen molar-refractivity contribution in [3.05, 3.63) is 66.0 Å². The summed E-state index contributed by atoms with van der Waals surface area (Å²) in [4.78, 5) is 16.1. The van der Waals surface area contributed by atoms with Gasteiger partial charge in [-0.15, -0.1) is 0 Å². The molecule has 3 rings (SSSR count). The van der Waals surface area contributed by atoms with Gasteiger partial charge >= 0.3 is 6.03 Å². The van der Waals surface area contributed by atoms with Crippen LogP contribution in [0.3, 0.4) is 0 Å². The van der Waals surface area contributed by atoms with Crippen molar-refractivity contribution >= 4 is 6.03 Å². The third kappa shape index (κ3) is 3.81. The molecule has 4 nitrogen and oxygen atoms in total. The lowest BCUT2D eigenvalue weighted by Gasteiger charge is -2.19. The van der Waals surface area contributed by atoms with Gasteiger partial charge in [0.2, 0.25) is 0 Å². The molecule has 2 N–H and O–H groups in total. The predicted octanol–water partition coefficient (Wildman–Crippen LogP) is 3.03. The smallest absolute Gasteiger partial charge is 0.315 e. The molecule has 1 saturated carbocycles. The quantitative estimate of drug-likeness (QED) is 0.885. The normalized spacial score (nSPS) is 15.2. The minimum Gasteiger partial charge on any atom is -0.334 e. The second-order valence-electron chi connectivity index (χ2n) is 5.41. The molecule has 2 amide bonds. The van der Waals surface area contributed by atoms with E-state index in [0.29, 0.717) is 12.5 Å². The highest BCUT2D eigenvalue weighted by atomic mass is 16.2. The first-order chi connectivity index (χ1) is 10.3. The summed E-state index contributed by atoms with van der Waals surface area (Å²) in [7, 11) is 0. The first kappa shape index (κ1) is 13.6. The molecule has 1 aliphatic carbocycles. The molecular formula is C17H19N3O. The molecule has 1 heterocycles. The highest BCUT2D eigenvalue weighted by molar-refractivity contribution is 5.74. The van der Waals surface area contributed by atoms with E-state index in [2.05, 4.69) is 27.8 Å². The van der Waals surface area contributed by atoms with E-state index in [1.165, 1.54) is 18.4 Å². The lowest BCUT2D eigenvalue weighted by Crippen LogP contribution is -2.38. The first-order valence-electron chi connectivity index (χ1n) is 7.31. The van der Waals surface area contributed by atoms with Crippen LogP contribution in [0, 0.1) is 5.92 Å². The molecule has 21 heavy (non-hydrogen) atoms. The van der Waals surface area contributed by atoms with E-state index in [-0.39, 0.29) is 12.1 Å². The molecule has 0 spiro atoms. The highest BCUT2D eigenvalue weighted by Crippen LogP contribution is 2.40. The maximum atomic E-state index is 12.1. The van der Waals surface area contributed by atoms with Crippen molar-refractivity contribution in [2.45, 2.75) is 25.4 Å². The summed E-state index contributed by atoms with van der Waals surface area (Å²) in [5, 5.41) is 5.99. The van der Waals surface area contributed by atoms with Crippen LogP contribution in [0.2, 0.25) is 0 Å². The first-order valence-corrected chi connectivity index (χ1v) is 7.31. The Morgan fingerprint density at radius 3 is 2.67 bits per heavy atom. The molecule has 1 aromatic heterocycles. The lowest BCUT2D eigenvalue weighted by atomic mass is 10.0. The van der Waals surface area contributed by atoms with Gasteiger partial charge in [-0.3, -0.25) is 4.98 Å². The van der Waals surface area contributed by atoms with Crippen LogP contribution in [0.25, 0.3) is 0 Å². The van der Waals surface area contributed by atoms with Crippen molar-refractivity contribution in [3.8, 4) is 0 Å². The van der Waals surface area contributed by atoms with Gasteiger partial charge in [0, 0.05) is 18.9 Å². The molecule has 1 aliphatic rings. The lowest BCUT2D eigenvalue weighted by molar-refractivity contribution is 0.235. The van der Waals surface area contributed by atoms with Crippen molar-refractivity contribution in [2.24, 2.45) is 5.92 Å². The molecule has 2 aromatic rings. The maximum Gasteiger partial charge on any atom is 0.315 e. The molecule has 1 atom stereocenters. The van der Waals surface area contributed by atoms with Crippen LogP contribution in [-0.2, 0) is 6.54 Å². The van der Waals surface area contributed by atoms with Crippen LogP contribution in [0.5, 0.6) is 0 Å². The monoisotopic (exact) mass is 281 g/mol. The molecule has 0 aliphatic heterocycles. The van der Waals surface area contributed by atoms with E-state index < -0.39 is 0 Å². The van der Waals surface area contributed by atoms with E-state index in [9.17, 15) is 4.79 Å². The maximum absolute atomic E-state index is 12.1. The van der Waals surface area contributed by atoms with Crippen LogP contribution in [-0.4, -0.2) is 11.0 Å². The van der Waals surface area contributed by atoms with E-state index in [1.807, 2.05) is 30.3 Å². The molecule has 0 radical (unpaired) electrons. The van der Waals surface area contributed by atoms with E-state index in [4.69, 9.17) is 0 Å². The number of rotatable bonds is 5. The number of carbonyl (C=O) groups is 1. The van der Waals surface area contributed by atoms with Gasteiger partial charge < -0.3 is 10.6 Å². The van der Waals surface area contributed by atoms with E-state index >= 15 is 0 Å². The number of nitrogens with one attached hydrogen (secondary N) is 2. The zero-order chi connectivity index (χ0) is 14.5. The fourth-order valence-corrected chi connectivity index (χ4v) is 2.44. The number of nitrogens with zero attached hydrogens (tertiary/aromatic N) is 1. The zero-order valence-corrected chi connectivity index (χ0v) is 11.8. The molecule has 0 bridgehead atoms. The minimum atomic E-state index is -0.125. The summed E-state index contributed by atoms with van der Waals surface area (Å²) in [6, 6.07) is 14.0. The Kier molecular flexibility index (Phi) is 4.15. The Morgan fingerprint density at radius 2 is 2.00 bits per heavy atom. The second kappa shape index (κ2) is 6.39. The number of benzene rings is 1. The second-order valence-corrected chi connectivity index (χ2v) is 5.41. The van der Waals surface area contributed by atoms with Crippen LogP contribution < -0.4 is 10.6 Å². The van der Waals surface area contributed by atoms with Gasteiger partial charge in [-0.25, -0.2) is 4.79 Å². The summed E-state index contributed by atoms with van der Waals surface area (Å²) in [6.45, 7) is 0.492. The molecule has 0 saturated heterocycles. The van der Waals surface area contributed by atoms with Crippen LogP contribution in [0.15, 0.2) is 54.9 Å². The molecular weight excluding hydrogens is 262 g/mol. The number of pyridine rings is 1. The third-order valence-electron chi connectivity index (χ3n) is 3.71. The number of hydrogen-bond donors (Lipinski definition) is 2. The van der Waals surface area contributed by atoms with Crippen LogP contribution >= 0.6 is 0 Å². The summed E-state index contributed by atoms with van der Waals surface area (Å²) in [6.07, 6.45) is 5.85. The van der Waals surface area contributed by atoms with E-state index in [0.717, 1.165) is 5.56 Å². The van der Waals surface area contributed by atoms with Gasteiger partial charge in [-0.1, -0.05) is 36.4 Å². The average molecular weight is 281 g/mol. The zero-order valence-electron chi connectivity index (χ0n) is 11.8. The van der Waals surface area contributed by atoms with Gasteiger partial charge in [0.05, 0.1) is 6.04 Å². The fourth-order valence-electron chi connectivity index (χ4n) is 2.44.